The number of methoxy groups -OCH3 is 1. The lowest BCUT2D eigenvalue weighted by Gasteiger charge is -2.17. The Balaban J connectivity index is 1.41. The van der Waals surface area contributed by atoms with Crippen LogP contribution in [0.1, 0.15) is 39.8 Å². The van der Waals surface area contributed by atoms with Crippen LogP contribution in [0.25, 0.3) is 0 Å². The molecule has 1 aliphatic heterocycles. The largest absolute Gasteiger partial charge is 0.495 e. The van der Waals surface area contributed by atoms with Crippen LogP contribution >= 0.6 is 0 Å². The molecule has 1 saturated heterocycles. The molecule has 1 atom stereocenters. The van der Waals surface area contributed by atoms with Gasteiger partial charge in [-0.1, -0.05) is 30.3 Å². The van der Waals surface area contributed by atoms with Crippen molar-refractivity contribution in [2.24, 2.45) is 0 Å². The van der Waals surface area contributed by atoms with E-state index < -0.39 is 0 Å². The summed E-state index contributed by atoms with van der Waals surface area (Å²) in [5.74, 6) is 0.320. The van der Waals surface area contributed by atoms with Crippen molar-refractivity contribution in [1.29, 1.82) is 0 Å². The molecule has 0 radical (unpaired) electrons. The van der Waals surface area contributed by atoms with Crippen molar-refractivity contribution < 1.29 is 18.7 Å². The summed E-state index contributed by atoms with van der Waals surface area (Å²) in [4.78, 5) is 36.1. The Labute approximate surface area is 191 Å². The minimum atomic E-state index is -0.373. The van der Waals surface area contributed by atoms with Crippen LogP contribution < -0.4 is 10.1 Å². The number of aryl methyl sites for hydroxylation is 1. The van der Waals surface area contributed by atoms with E-state index >= 15 is 0 Å². The number of nitrogens with zero attached hydrogens (tertiary/aromatic N) is 3. The standard InChI is InChI=1S/C25H25FN4O3/c1-16-19(25(32)29-21-9-5-6-10-22(21)33-2)14-27-24(28-16)18-11-12-30(15-18)23(31)13-17-7-3-4-8-20(17)26/h3-10,14,18H,11-13,15H2,1-2H3,(H,29,32)/t18-/m1/s1. The van der Waals surface area contributed by atoms with Gasteiger partial charge in [-0.05, 0) is 37.1 Å². The number of carbonyl (C=O) groups is 2. The lowest BCUT2D eigenvalue weighted by atomic mass is 10.1. The van der Waals surface area contributed by atoms with Crippen LogP contribution in [0.2, 0.25) is 0 Å². The Kier molecular flexibility index (Phi) is 6.63. The normalized spacial score (nSPS) is 15.4. The summed E-state index contributed by atoms with van der Waals surface area (Å²) < 4.78 is 19.1. The topological polar surface area (TPSA) is 84.4 Å². The lowest BCUT2D eigenvalue weighted by Crippen LogP contribution is -2.30. The summed E-state index contributed by atoms with van der Waals surface area (Å²) in [5, 5.41) is 2.83. The van der Waals surface area contributed by atoms with Crippen molar-refractivity contribution >= 4 is 17.5 Å². The van der Waals surface area contributed by atoms with Gasteiger partial charge < -0.3 is 15.0 Å². The van der Waals surface area contributed by atoms with E-state index in [1.54, 1.807) is 49.3 Å². The van der Waals surface area contributed by atoms with Crippen LogP contribution in [0, 0.1) is 12.7 Å². The number of halogens is 1. The average molecular weight is 448 g/mol. The fourth-order valence-corrected chi connectivity index (χ4v) is 3.96. The molecule has 33 heavy (non-hydrogen) atoms. The zero-order chi connectivity index (χ0) is 23.4. The Bertz CT molecular complexity index is 1180. The van der Waals surface area contributed by atoms with E-state index in [2.05, 4.69) is 15.3 Å². The van der Waals surface area contributed by atoms with Crippen LogP contribution in [0.4, 0.5) is 10.1 Å². The molecule has 2 aromatic carbocycles. The second-order valence-electron chi connectivity index (χ2n) is 7.98. The van der Waals surface area contributed by atoms with Crippen molar-refractivity contribution in [2.45, 2.75) is 25.7 Å². The smallest absolute Gasteiger partial charge is 0.259 e. The molecule has 2 heterocycles. The number of hydrogen-bond acceptors (Lipinski definition) is 5. The van der Waals surface area contributed by atoms with Gasteiger partial charge >= 0.3 is 0 Å². The fourth-order valence-electron chi connectivity index (χ4n) is 3.96. The van der Waals surface area contributed by atoms with Gasteiger partial charge in [-0.15, -0.1) is 0 Å². The SMILES string of the molecule is COc1ccccc1NC(=O)c1cnc([C@@H]2CCN(C(=O)Cc3ccccc3F)C2)nc1C. The number of aromatic nitrogens is 2. The number of para-hydroxylation sites is 2. The highest BCUT2D eigenvalue weighted by atomic mass is 19.1. The Morgan fingerprint density at radius 1 is 1.18 bits per heavy atom. The molecule has 1 N–H and O–H groups in total. The van der Waals surface area contributed by atoms with Crippen LogP contribution in [0.3, 0.4) is 0 Å². The number of anilines is 1. The molecule has 1 fully saturated rings. The van der Waals surface area contributed by atoms with E-state index in [4.69, 9.17) is 4.74 Å². The molecule has 0 saturated carbocycles. The van der Waals surface area contributed by atoms with Gasteiger partial charge in [-0.25, -0.2) is 14.4 Å². The molecular weight excluding hydrogens is 423 g/mol. The maximum Gasteiger partial charge on any atom is 0.259 e. The second kappa shape index (κ2) is 9.77. The van der Waals surface area contributed by atoms with Crippen molar-refractivity contribution in [3.05, 3.63) is 83.2 Å². The zero-order valence-electron chi connectivity index (χ0n) is 18.5. The van der Waals surface area contributed by atoms with Gasteiger partial charge in [0.15, 0.2) is 0 Å². The third-order valence-electron chi connectivity index (χ3n) is 5.80. The van der Waals surface area contributed by atoms with Crippen molar-refractivity contribution in [3.8, 4) is 5.75 Å². The number of ether oxygens (including phenoxy) is 1. The Hall–Kier alpha value is -3.81. The van der Waals surface area contributed by atoms with Gasteiger partial charge in [0.2, 0.25) is 5.91 Å². The van der Waals surface area contributed by atoms with Crippen molar-refractivity contribution in [1.82, 2.24) is 14.9 Å². The van der Waals surface area contributed by atoms with E-state index in [9.17, 15) is 14.0 Å². The summed E-state index contributed by atoms with van der Waals surface area (Å²) in [7, 11) is 1.54. The summed E-state index contributed by atoms with van der Waals surface area (Å²) in [6.45, 7) is 2.80. The predicted molar refractivity (Wildman–Crippen MR) is 122 cm³/mol. The highest BCUT2D eigenvalue weighted by molar-refractivity contribution is 6.05. The third kappa shape index (κ3) is 5.00. The molecule has 7 nitrogen and oxygen atoms in total. The molecule has 1 aliphatic rings. The number of nitrogens with one attached hydrogen (secondary N) is 1. The monoisotopic (exact) mass is 448 g/mol. The van der Waals surface area contributed by atoms with Crippen LogP contribution in [0.5, 0.6) is 5.75 Å². The summed E-state index contributed by atoms with van der Waals surface area (Å²) in [6.07, 6.45) is 2.27. The average Bonchev–Trinajstić information content (AvgIpc) is 3.31. The molecule has 0 aliphatic carbocycles. The number of rotatable bonds is 6. The van der Waals surface area contributed by atoms with Gasteiger partial charge in [0.1, 0.15) is 17.4 Å². The first kappa shape index (κ1) is 22.4. The number of hydrogen-bond donors (Lipinski definition) is 1. The summed E-state index contributed by atoms with van der Waals surface area (Å²) in [5.41, 5.74) is 1.88. The molecule has 0 bridgehead atoms. The molecule has 170 valence electrons. The van der Waals surface area contributed by atoms with Crippen LogP contribution in [0.15, 0.2) is 54.7 Å². The van der Waals surface area contributed by atoms with Crippen LogP contribution in [-0.4, -0.2) is 46.9 Å². The minimum absolute atomic E-state index is 0.0281. The molecular formula is C25H25FN4O3. The molecule has 0 spiro atoms. The maximum absolute atomic E-state index is 13.9. The van der Waals surface area contributed by atoms with Crippen molar-refractivity contribution in [2.75, 3.05) is 25.5 Å². The predicted octanol–water partition coefficient (Wildman–Crippen LogP) is 3.74. The number of carbonyl (C=O) groups excluding carboxylic acids is 2. The fraction of sp³-hybridized carbons (Fsp3) is 0.280. The first-order valence-corrected chi connectivity index (χ1v) is 10.8. The van der Waals surface area contributed by atoms with E-state index in [1.165, 1.54) is 12.3 Å². The van der Waals surface area contributed by atoms with E-state index in [0.717, 1.165) is 6.42 Å². The molecule has 1 aromatic heterocycles. The third-order valence-corrected chi connectivity index (χ3v) is 5.80. The van der Waals surface area contributed by atoms with Gasteiger partial charge in [-0.2, -0.15) is 0 Å². The van der Waals surface area contributed by atoms with E-state index in [0.29, 0.717) is 47.2 Å². The maximum atomic E-state index is 13.9. The lowest BCUT2D eigenvalue weighted by molar-refractivity contribution is -0.129. The number of likely N-dealkylation sites (tertiary alicyclic amines) is 1. The minimum Gasteiger partial charge on any atom is -0.495 e. The highest BCUT2D eigenvalue weighted by Crippen LogP contribution is 2.27. The first-order chi connectivity index (χ1) is 16.0. The number of benzene rings is 2. The first-order valence-electron chi connectivity index (χ1n) is 10.8. The molecule has 8 heteroatoms. The Morgan fingerprint density at radius 2 is 1.94 bits per heavy atom. The molecule has 0 unspecified atom stereocenters. The summed E-state index contributed by atoms with van der Waals surface area (Å²) in [6, 6.07) is 13.5. The Morgan fingerprint density at radius 3 is 2.70 bits per heavy atom. The zero-order valence-corrected chi connectivity index (χ0v) is 18.5. The molecule has 4 rings (SSSR count). The van der Waals surface area contributed by atoms with Gasteiger partial charge in [0.25, 0.3) is 5.91 Å². The highest BCUT2D eigenvalue weighted by Gasteiger charge is 2.30. The van der Waals surface area contributed by atoms with Crippen molar-refractivity contribution in [3.63, 3.8) is 0 Å². The molecule has 2 amide bonds. The summed E-state index contributed by atoms with van der Waals surface area (Å²) >= 11 is 0. The van der Waals surface area contributed by atoms with Crippen LogP contribution in [-0.2, 0) is 11.2 Å². The van der Waals surface area contributed by atoms with E-state index in [1.807, 2.05) is 12.1 Å². The molecule has 3 aromatic rings. The number of amides is 2. The van der Waals surface area contributed by atoms with Gasteiger partial charge in [-0.3, -0.25) is 9.59 Å². The second-order valence-corrected chi connectivity index (χ2v) is 7.98. The van der Waals surface area contributed by atoms with Gasteiger partial charge in [0, 0.05) is 25.2 Å². The van der Waals surface area contributed by atoms with Gasteiger partial charge in [0.05, 0.1) is 30.5 Å². The van der Waals surface area contributed by atoms with E-state index in [-0.39, 0.29) is 30.0 Å². The quantitative estimate of drug-likeness (QED) is 0.621.